The first kappa shape index (κ1) is 16.9. The second-order valence-electron chi connectivity index (χ2n) is 7.10. The zero-order valence-electron chi connectivity index (χ0n) is 15.5. The van der Waals surface area contributed by atoms with Crippen LogP contribution in [0.3, 0.4) is 0 Å². The molecule has 2 aliphatic rings. The van der Waals surface area contributed by atoms with Crippen molar-refractivity contribution in [3.8, 4) is 0 Å². The fourth-order valence-electron chi connectivity index (χ4n) is 3.94. The third kappa shape index (κ3) is 3.13. The Hall–Kier alpha value is -3.22. The molecule has 3 aromatic rings. The topological polar surface area (TPSA) is 48.4 Å². The largest absolute Gasteiger partial charge is 0.368 e. The number of piperazine rings is 1. The van der Waals surface area contributed by atoms with Crippen molar-refractivity contribution in [1.82, 2.24) is 15.2 Å². The summed E-state index contributed by atoms with van der Waals surface area (Å²) in [5.41, 5.74) is 3.59. The van der Waals surface area contributed by atoms with E-state index in [-0.39, 0.29) is 5.82 Å². The molecule has 1 aromatic heterocycles. The molecule has 142 valence electrons. The van der Waals surface area contributed by atoms with Gasteiger partial charge in [-0.05, 0) is 42.3 Å². The first-order valence-corrected chi connectivity index (χ1v) is 9.58. The maximum atomic E-state index is 13.1. The standard InChI is InChI=1S/C21H21FN6/c22-17-5-7-18(8-6-17)26-11-13-27(14-12-26)21-24-20(15-23-25-21)28-10-9-16-3-1-2-4-19(16)28/h1-8,15H,9-14H2. The molecule has 2 aromatic carbocycles. The van der Waals surface area contributed by atoms with Gasteiger partial charge in [0, 0.05) is 44.1 Å². The number of para-hydroxylation sites is 1. The van der Waals surface area contributed by atoms with Crippen LogP contribution in [0.2, 0.25) is 0 Å². The highest BCUT2D eigenvalue weighted by atomic mass is 19.1. The Morgan fingerprint density at radius 1 is 0.821 bits per heavy atom. The molecule has 0 aliphatic carbocycles. The van der Waals surface area contributed by atoms with Crippen LogP contribution in [0.25, 0.3) is 0 Å². The number of hydrogen-bond donors (Lipinski definition) is 0. The van der Waals surface area contributed by atoms with Gasteiger partial charge in [0.1, 0.15) is 5.82 Å². The van der Waals surface area contributed by atoms with E-state index in [1.807, 2.05) is 12.1 Å². The highest BCUT2D eigenvalue weighted by Gasteiger charge is 2.24. The van der Waals surface area contributed by atoms with Crippen molar-refractivity contribution < 1.29 is 4.39 Å². The van der Waals surface area contributed by atoms with Crippen LogP contribution in [0.1, 0.15) is 5.56 Å². The van der Waals surface area contributed by atoms with Crippen LogP contribution in [-0.2, 0) is 6.42 Å². The summed E-state index contributed by atoms with van der Waals surface area (Å²) in [5.74, 6) is 1.30. The molecule has 0 bridgehead atoms. The maximum Gasteiger partial charge on any atom is 0.247 e. The van der Waals surface area contributed by atoms with Gasteiger partial charge in [0.15, 0.2) is 5.82 Å². The molecule has 0 atom stereocenters. The van der Waals surface area contributed by atoms with Gasteiger partial charge in [0.25, 0.3) is 0 Å². The van der Waals surface area contributed by atoms with E-state index in [0.29, 0.717) is 5.95 Å². The second-order valence-corrected chi connectivity index (χ2v) is 7.10. The first-order valence-electron chi connectivity index (χ1n) is 9.58. The van der Waals surface area contributed by atoms with Crippen LogP contribution in [0, 0.1) is 5.82 Å². The monoisotopic (exact) mass is 376 g/mol. The number of rotatable bonds is 3. The summed E-state index contributed by atoms with van der Waals surface area (Å²) in [7, 11) is 0. The van der Waals surface area contributed by atoms with Crippen LogP contribution >= 0.6 is 0 Å². The summed E-state index contributed by atoms with van der Waals surface area (Å²) < 4.78 is 13.1. The van der Waals surface area contributed by atoms with Gasteiger partial charge in [-0.1, -0.05) is 18.2 Å². The average molecular weight is 376 g/mol. The van der Waals surface area contributed by atoms with Crippen LogP contribution in [0.5, 0.6) is 0 Å². The van der Waals surface area contributed by atoms with Crippen molar-refractivity contribution in [2.75, 3.05) is 47.4 Å². The molecular formula is C21H21FN6. The van der Waals surface area contributed by atoms with Crippen molar-refractivity contribution in [3.05, 3.63) is 66.1 Å². The molecule has 0 unspecified atom stereocenters. The van der Waals surface area contributed by atoms with E-state index in [0.717, 1.165) is 50.6 Å². The SMILES string of the molecule is Fc1ccc(N2CCN(c3nncc(N4CCc5ccccc54)n3)CC2)cc1. The Labute approximate surface area is 163 Å². The molecule has 28 heavy (non-hydrogen) atoms. The van der Waals surface area contributed by atoms with Crippen molar-refractivity contribution >= 4 is 23.1 Å². The summed E-state index contributed by atoms with van der Waals surface area (Å²) in [6.07, 6.45) is 2.76. The summed E-state index contributed by atoms with van der Waals surface area (Å²) in [4.78, 5) is 11.4. The van der Waals surface area contributed by atoms with Gasteiger partial charge in [0.05, 0.1) is 6.20 Å². The van der Waals surface area contributed by atoms with E-state index in [1.54, 1.807) is 6.20 Å². The Morgan fingerprint density at radius 2 is 1.57 bits per heavy atom. The van der Waals surface area contributed by atoms with E-state index in [9.17, 15) is 4.39 Å². The van der Waals surface area contributed by atoms with Crippen molar-refractivity contribution in [2.45, 2.75) is 6.42 Å². The van der Waals surface area contributed by atoms with E-state index in [1.165, 1.54) is 23.4 Å². The van der Waals surface area contributed by atoms with Crippen molar-refractivity contribution in [1.29, 1.82) is 0 Å². The maximum absolute atomic E-state index is 13.1. The minimum absolute atomic E-state index is 0.206. The lowest BCUT2D eigenvalue weighted by molar-refractivity contribution is 0.621. The molecule has 2 aliphatic heterocycles. The number of fused-ring (bicyclic) bond motifs is 1. The Balaban J connectivity index is 1.31. The van der Waals surface area contributed by atoms with Crippen LogP contribution < -0.4 is 14.7 Å². The fraction of sp³-hybridized carbons (Fsp3) is 0.286. The molecule has 0 spiro atoms. The van der Waals surface area contributed by atoms with Gasteiger partial charge in [-0.3, -0.25) is 0 Å². The summed E-state index contributed by atoms with van der Waals surface area (Å²) in [6.45, 7) is 4.20. The normalized spacial score (nSPS) is 16.4. The van der Waals surface area contributed by atoms with Gasteiger partial charge >= 0.3 is 0 Å². The molecule has 0 radical (unpaired) electrons. The van der Waals surface area contributed by atoms with E-state index in [4.69, 9.17) is 4.98 Å². The summed E-state index contributed by atoms with van der Waals surface area (Å²) >= 11 is 0. The van der Waals surface area contributed by atoms with Gasteiger partial charge in [-0.2, -0.15) is 10.1 Å². The van der Waals surface area contributed by atoms with Crippen molar-refractivity contribution in [3.63, 3.8) is 0 Å². The number of benzene rings is 2. The number of nitrogens with zero attached hydrogens (tertiary/aromatic N) is 6. The van der Waals surface area contributed by atoms with Crippen LogP contribution in [0.15, 0.2) is 54.7 Å². The minimum Gasteiger partial charge on any atom is -0.368 e. The average Bonchev–Trinajstić information content (AvgIpc) is 3.19. The molecule has 6 nitrogen and oxygen atoms in total. The number of aromatic nitrogens is 3. The highest BCUT2D eigenvalue weighted by Crippen LogP contribution is 2.33. The lowest BCUT2D eigenvalue weighted by Gasteiger charge is -2.36. The zero-order chi connectivity index (χ0) is 18.9. The lowest BCUT2D eigenvalue weighted by Crippen LogP contribution is -2.47. The Kier molecular flexibility index (Phi) is 4.27. The third-order valence-corrected chi connectivity index (χ3v) is 5.45. The zero-order valence-corrected chi connectivity index (χ0v) is 15.5. The van der Waals surface area contributed by atoms with Gasteiger partial charge in [-0.25, -0.2) is 4.39 Å². The molecule has 1 fully saturated rings. The molecule has 7 heteroatoms. The molecule has 3 heterocycles. The minimum atomic E-state index is -0.206. The summed E-state index contributed by atoms with van der Waals surface area (Å²) in [5, 5.41) is 8.48. The van der Waals surface area contributed by atoms with E-state index < -0.39 is 0 Å². The van der Waals surface area contributed by atoms with Gasteiger partial charge in [0.2, 0.25) is 5.95 Å². The molecule has 0 N–H and O–H groups in total. The van der Waals surface area contributed by atoms with Gasteiger partial charge in [-0.15, -0.1) is 5.10 Å². The van der Waals surface area contributed by atoms with Crippen LogP contribution in [0.4, 0.5) is 27.5 Å². The Bertz CT molecular complexity index is 969. The van der Waals surface area contributed by atoms with Crippen molar-refractivity contribution in [2.24, 2.45) is 0 Å². The number of halogens is 1. The Morgan fingerprint density at radius 3 is 2.39 bits per heavy atom. The fourth-order valence-corrected chi connectivity index (χ4v) is 3.94. The van der Waals surface area contributed by atoms with Crippen LogP contribution in [-0.4, -0.2) is 47.9 Å². The molecule has 0 saturated carbocycles. The predicted octanol–water partition coefficient (Wildman–Crippen LogP) is 3.03. The molecule has 1 saturated heterocycles. The van der Waals surface area contributed by atoms with E-state index in [2.05, 4.69) is 49.2 Å². The molecular weight excluding hydrogens is 355 g/mol. The molecule has 5 rings (SSSR count). The first-order chi connectivity index (χ1) is 13.8. The third-order valence-electron chi connectivity index (χ3n) is 5.45. The highest BCUT2D eigenvalue weighted by molar-refractivity contribution is 5.67. The van der Waals surface area contributed by atoms with Gasteiger partial charge < -0.3 is 14.7 Å². The summed E-state index contributed by atoms with van der Waals surface area (Å²) in [6, 6.07) is 15.1. The smallest absolute Gasteiger partial charge is 0.247 e. The second kappa shape index (κ2) is 7.07. The molecule has 0 amide bonds. The predicted molar refractivity (Wildman–Crippen MR) is 108 cm³/mol. The number of hydrogen-bond acceptors (Lipinski definition) is 6. The quantitative estimate of drug-likeness (QED) is 0.700. The number of anilines is 4. The lowest BCUT2D eigenvalue weighted by atomic mass is 10.2. The van der Waals surface area contributed by atoms with E-state index >= 15 is 0 Å².